The molecule has 0 fully saturated rings. The number of anilines is 2. The molecule has 2 unspecified atom stereocenters. The van der Waals surface area contributed by atoms with Crippen molar-refractivity contribution in [2.24, 2.45) is 0 Å². The van der Waals surface area contributed by atoms with Gasteiger partial charge in [0.05, 0.1) is 9.85 Å². The fraction of sp³-hybridized carbons (Fsp3) is 0.519. The van der Waals surface area contributed by atoms with Crippen molar-refractivity contribution in [3.05, 3.63) is 67.8 Å². The molecule has 4 N–H and O–H groups in total. The average molecular weight is 555 g/mol. The molecule has 2 aromatic rings. The smallest absolute Gasteiger partial charge is 0.271 e. The number of nitrogens with one attached hydrogen (secondary N) is 4. The number of ketones is 1. The highest BCUT2D eigenvalue weighted by molar-refractivity contribution is 6.02. The molecule has 2 aromatic carbocycles. The van der Waals surface area contributed by atoms with Gasteiger partial charge in [-0.25, -0.2) is 0 Å². The summed E-state index contributed by atoms with van der Waals surface area (Å²) in [7, 11) is 6.96. The van der Waals surface area contributed by atoms with E-state index in [0.29, 0.717) is 24.5 Å². The second-order valence-electron chi connectivity index (χ2n) is 10.3. The van der Waals surface area contributed by atoms with Gasteiger partial charge in [0.2, 0.25) is 5.78 Å². The van der Waals surface area contributed by atoms with Crippen LogP contribution in [0.5, 0.6) is 0 Å². The highest BCUT2D eigenvalue weighted by atomic mass is 16.6. The van der Waals surface area contributed by atoms with E-state index >= 15 is 4.79 Å². The zero-order chi connectivity index (χ0) is 29.1. The van der Waals surface area contributed by atoms with Crippen LogP contribution in [0.1, 0.15) is 24.0 Å². The van der Waals surface area contributed by atoms with Crippen molar-refractivity contribution < 1.29 is 14.6 Å². The number of Topliss-reactive ketones (excluding diaryl/α,β-unsaturated/α-hetero) is 1. The lowest BCUT2D eigenvalue weighted by Crippen LogP contribution is -2.80. The summed E-state index contributed by atoms with van der Waals surface area (Å²) in [6.45, 7) is 1.41. The molecule has 2 heterocycles. The molecule has 2 atom stereocenters. The Morgan fingerprint density at radius 1 is 0.775 bits per heavy atom. The second-order valence-corrected chi connectivity index (χ2v) is 10.3. The van der Waals surface area contributed by atoms with Crippen molar-refractivity contribution in [3.63, 3.8) is 0 Å². The molecule has 2 aliphatic rings. The number of aryl methyl sites for hydroxylation is 2. The van der Waals surface area contributed by atoms with E-state index in [9.17, 15) is 20.2 Å². The highest BCUT2D eigenvalue weighted by Gasteiger charge is 2.56. The van der Waals surface area contributed by atoms with Gasteiger partial charge in [0.15, 0.2) is 11.3 Å². The quantitative estimate of drug-likeness (QED) is 0.223. The maximum Gasteiger partial charge on any atom is 0.271 e. The molecule has 13 heteroatoms. The Bertz CT molecular complexity index is 1190. The number of fused-ring (bicyclic) bond motifs is 2. The number of rotatable bonds is 12. The average Bonchev–Trinajstić information content (AvgIpc) is 2.97. The minimum absolute atomic E-state index is 0.0417. The number of nitro groups is 2. The van der Waals surface area contributed by atoms with Gasteiger partial charge < -0.3 is 20.4 Å². The van der Waals surface area contributed by atoms with Gasteiger partial charge in [0, 0.05) is 61.8 Å². The molecule has 2 aliphatic heterocycles. The first kappa shape index (κ1) is 29.3. The van der Waals surface area contributed by atoms with E-state index in [2.05, 4.69) is 21.3 Å². The number of hydrogen-bond acceptors (Lipinski definition) is 11. The van der Waals surface area contributed by atoms with Gasteiger partial charge in [-0.1, -0.05) is 12.1 Å². The summed E-state index contributed by atoms with van der Waals surface area (Å²) < 4.78 is 0. The standard InChI is InChI=1S/C27H38N8O5/c1-28-17-26(30-3,32-13-5-7-19-9-11-21(34(37)38)15-23(19)32)25(36)27(31-4,18-29-2)33-14-6-8-20-10-12-22(35(39)40)16-24(20)33/h9-12,15-16,28-31H,5-8,13-14,17-18H2,1-4H3. The van der Waals surface area contributed by atoms with Crippen molar-refractivity contribution in [1.82, 2.24) is 21.3 Å². The molecular weight excluding hydrogens is 516 g/mol. The normalized spacial score (nSPS) is 17.8. The van der Waals surface area contributed by atoms with Crippen molar-refractivity contribution in [1.29, 1.82) is 0 Å². The van der Waals surface area contributed by atoms with E-state index in [1.54, 1.807) is 52.5 Å². The molecule has 13 nitrogen and oxygen atoms in total. The Morgan fingerprint density at radius 3 is 1.50 bits per heavy atom. The summed E-state index contributed by atoms with van der Waals surface area (Å²) in [6, 6.07) is 9.62. The van der Waals surface area contributed by atoms with Gasteiger partial charge in [0.1, 0.15) is 0 Å². The first-order chi connectivity index (χ1) is 19.2. The van der Waals surface area contributed by atoms with Crippen LogP contribution in [-0.2, 0) is 17.6 Å². The lowest BCUT2D eigenvalue weighted by Gasteiger charge is -2.54. The van der Waals surface area contributed by atoms with E-state index in [4.69, 9.17) is 0 Å². The number of non-ortho nitro benzene ring substituents is 2. The molecule has 0 bridgehead atoms. The zero-order valence-corrected chi connectivity index (χ0v) is 23.5. The summed E-state index contributed by atoms with van der Waals surface area (Å²) in [4.78, 5) is 41.6. The van der Waals surface area contributed by atoms with Crippen LogP contribution in [0.15, 0.2) is 36.4 Å². The Kier molecular flexibility index (Phi) is 8.68. The topological polar surface area (TPSA) is 158 Å². The minimum Gasteiger partial charge on any atom is -0.345 e. The number of hydrogen-bond donors (Lipinski definition) is 4. The highest BCUT2D eigenvalue weighted by Crippen LogP contribution is 2.40. The molecule has 0 aliphatic carbocycles. The van der Waals surface area contributed by atoms with E-state index in [0.717, 1.165) is 36.8 Å². The lowest BCUT2D eigenvalue weighted by molar-refractivity contribution is -0.385. The van der Waals surface area contributed by atoms with Crippen LogP contribution in [-0.4, -0.2) is 81.3 Å². The van der Waals surface area contributed by atoms with Crippen molar-refractivity contribution in [3.8, 4) is 0 Å². The summed E-state index contributed by atoms with van der Waals surface area (Å²) in [5.74, 6) is -0.215. The molecule has 0 aromatic heterocycles. The summed E-state index contributed by atoms with van der Waals surface area (Å²) in [6.07, 6.45) is 3.02. The van der Waals surface area contributed by atoms with Crippen LogP contribution >= 0.6 is 0 Å². The largest absolute Gasteiger partial charge is 0.345 e. The fourth-order valence-corrected chi connectivity index (χ4v) is 6.27. The monoisotopic (exact) mass is 554 g/mol. The van der Waals surface area contributed by atoms with Crippen molar-refractivity contribution in [2.45, 2.75) is 37.0 Å². The first-order valence-electron chi connectivity index (χ1n) is 13.5. The van der Waals surface area contributed by atoms with Crippen molar-refractivity contribution >= 4 is 28.5 Å². The Labute approximate surface area is 233 Å². The third kappa shape index (κ3) is 4.89. The van der Waals surface area contributed by atoms with Gasteiger partial charge in [0.25, 0.3) is 11.4 Å². The number of carbonyl (C=O) groups excluding carboxylic acids is 1. The Balaban J connectivity index is 1.92. The number of carbonyl (C=O) groups is 1. The number of nitrogens with zero attached hydrogens (tertiary/aromatic N) is 4. The Morgan fingerprint density at radius 2 is 1.18 bits per heavy atom. The third-order valence-corrected chi connectivity index (χ3v) is 8.16. The van der Waals surface area contributed by atoms with Crippen LogP contribution in [0.25, 0.3) is 0 Å². The second kappa shape index (κ2) is 11.8. The van der Waals surface area contributed by atoms with Crippen molar-refractivity contribution in [2.75, 3.05) is 64.2 Å². The van der Waals surface area contributed by atoms with Gasteiger partial charge in [-0.05, 0) is 65.0 Å². The molecule has 40 heavy (non-hydrogen) atoms. The molecular formula is C27H38N8O5. The predicted molar refractivity (Wildman–Crippen MR) is 154 cm³/mol. The summed E-state index contributed by atoms with van der Waals surface area (Å²) >= 11 is 0. The SMILES string of the molecule is CNCC(NC)(C(=O)C(CNC)(NC)N1CCCc2ccc([N+](=O)[O-])cc21)N1CCCc2ccc([N+](=O)[O-])cc21. The van der Waals surface area contributed by atoms with Gasteiger partial charge in [-0.3, -0.25) is 35.7 Å². The number of nitro benzene ring substituents is 2. The van der Waals surface area contributed by atoms with E-state index in [-0.39, 0.29) is 30.2 Å². The van der Waals surface area contributed by atoms with Gasteiger partial charge in [-0.15, -0.1) is 0 Å². The summed E-state index contributed by atoms with van der Waals surface area (Å²) in [5.41, 5.74) is 0.421. The Hall–Kier alpha value is -3.65. The maximum atomic E-state index is 15.2. The minimum atomic E-state index is -1.32. The van der Waals surface area contributed by atoms with Gasteiger partial charge >= 0.3 is 0 Å². The maximum absolute atomic E-state index is 15.2. The fourth-order valence-electron chi connectivity index (χ4n) is 6.27. The molecule has 0 saturated carbocycles. The molecule has 0 amide bonds. The molecule has 4 rings (SSSR count). The molecule has 0 saturated heterocycles. The summed E-state index contributed by atoms with van der Waals surface area (Å²) in [5, 5.41) is 36.3. The van der Waals surface area contributed by atoms with Crippen LogP contribution < -0.4 is 31.1 Å². The molecule has 0 radical (unpaired) electrons. The number of benzene rings is 2. The predicted octanol–water partition coefficient (Wildman–Crippen LogP) is 1.55. The number of likely N-dealkylation sites (N-methyl/N-ethyl adjacent to an activating group) is 4. The van der Waals surface area contributed by atoms with Crippen LogP contribution in [0, 0.1) is 20.2 Å². The van der Waals surface area contributed by atoms with Gasteiger partial charge in [-0.2, -0.15) is 0 Å². The third-order valence-electron chi connectivity index (χ3n) is 8.16. The van der Waals surface area contributed by atoms with Crippen LogP contribution in [0.3, 0.4) is 0 Å². The molecule has 0 spiro atoms. The van der Waals surface area contributed by atoms with Crippen LogP contribution in [0.2, 0.25) is 0 Å². The lowest BCUT2D eigenvalue weighted by atomic mass is 9.84. The zero-order valence-electron chi connectivity index (χ0n) is 23.5. The molecule has 216 valence electrons. The van der Waals surface area contributed by atoms with E-state index in [1.165, 1.54) is 12.1 Å². The van der Waals surface area contributed by atoms with E-state index < -0.39 is 21.2 Å². The van der Waals surface area contributed by atoms with E-state index in [1.807, 2.05) is 9.80 Å². The van der Waals surface area contributed by atoms with Crippen LogP contribution in [0.4, 0.5) is 22.7 Å². The first-order valence-corrected chi connectivity index (χ1v) is 13.5.